The highest BCUT2D eigenvalue weighted by Crippen LogP contribution is 2.43. The topological polar surface area (TPSA) is 67.1 Å². The van der Waals surface area contributed by atoms with E-state index in [1.165, 1.54) is 12.1 Å². The Morgan fingerprint density at radius 1 is 1.22 bits per heavy atom. The number of aromatic nitrogens is 2. The number of hydrogen-bond donors (Lipinski definition) is 2. The molecule has 0 amide bonds. The van der Waals surface area contributed by atoms with E-state index in [4.69, 9.17) is 17.3 Å². The summed E-state index contributed by atoms with van der Waals surface area (Å²) in [5.74, 6) is 4.94. The molecular weight excluding hydrogens is 452 g/mol. The van der Waals surface area contributed by atoms with Gasteiger partial charge in [0.15, 0.2) is 10.9 Å². The molecule has 0 aliphatic carbocycles. The number of nitrogen functional groups attached to an aromatic ring is 1. The van der Waals surface area contributed by atoms with E-state index in [0.717, 1.165) is 48.8 Å². The van der Waals surface area contributed by atoms with Crippen LogP contribution in [-0.4, -0.2) is 36.1 Å². The van der Waals surface area contributed by atoms with Gasteiger partial charge in [-0.2, -0.15) is 0 Å². The Morgan fingerprint density at radius 3 is 2.75 bits per heavy atom. The first-order valence-corrected chi connectivity index (χ1v) is 11.2. The molecule has 0 atom stereocenters. The number of benzene rings is 2. The van der Waals surface area contributed by atoms with Crippen molar-refractivity contribution in [3.05, 3.63) is 46.6 Å². The number of fused-ring (bicyclic) bond motifs is 2. The average molecular weight is 470 g/mol. The van der Waals surface area contributed by atoms with Crippen LogP contribution in [0.4, 0.5) is 19.6 Å². The Kier molecular flexibility index (Phi) is 5.33. The Hall–Kier alpha value is -2.99. The minimum absolute atomic E-state index is 0.127. The zero-order chi connectivity index (χ0) is 22.4. The van der Waals surface area contributed by atoms with E-state index in [1.807, 2.05) is 0 Å². The second kappa shape index (κ2) is 8.17. The molecule has 1 aliphatic heterocycles. The van der Waals surface area contributed by atoms with Crippen LogP contribution in [-0.2, 0) is 0 Å². The lowest BCUT2D eigenvalue weighted by Crippen LogP contribution is -2.44. The monoisotopic (exact) mass is 469 g/mol. The van der Waals surface area contributed by atoms with Crippen molar-refractivity contribution in [1.29, 1.82) is 0 Å². The zero-order valence-corrected chi connectivity index (χ0v) is 18.7. The summed E-state index contributed by atoms with van der Waals surface area (Å²) in [5.41, 5.74) is 8.31. The van der Waals surface area contributed by atoms with Crippen LogP contribution in [0.1, 0.15) is 12.5 Å². The maximum Gasteiger partial charge on any atom is 0.181 e. The molecule has 32 heavy (non-hydrogen) atoms. The Balaban J connectivity index is 1.80. The first-order valence-electron chi connectivity index (χ1n) is 10.0. The van der Waals surface area contributed by atoms with Crippen LogP contribution in [0.3, 0.4) is 0 Å². The number of anilines is 2. The molecule has 4 aromatic rings. The third-order valence-electron chi connectivity index (χ3n) is 5.50. The highest BCUT2D eigenvalue weighted by molar-refractivity contribution is 7.22. The fourth-order valence-electron chi connectivity index (χ4n) is 4.15. The average Bonchev–Trinajstić information content (AvgIpc) is 3.18. The lowest BCUT2D eigenvalue weighted by Gasteiger charge is -2.31. The number of nitrogens with two attached hydrogens (primary N) is 1. The van der Waals surface area contributed by atoms with Crippen molar-refractivity contribution >= 4 is 54.9 Å². The zero-order valence-electron chi connectivity index (χ0n) is 17.1. The van der Waals surface area contributed by atoms with Gasteiger partial charge in [0.2, 0.25) is 0 Å². The second-order valence-electron chi connectivity index (χ2n) is 7.40. The number of thiazole rings is 1. The van der Waals surface area contributed by atoms with Crippen LogP contribution in [0.15, 0.2) is 24.4 Å². The number of hydrogen-bond acceptors (Lipinski definition) is 6. The smallest absolute Gasteiger partial charge is 0.181 e. The van der Waals surface area contributed by atoms with Crippen molar-refractivity contribution in [2.24, 2.45) is 0 Å². The summed E-state index contributed by atoms with van der Waals surface area (Å²) in [6.45, 7) is 4.90. The molecule has 3 N–H and O–H groups in total. The van der Waals surface area contributed by atoms with Crippen LogP contribution in [0, 0.1) is 23.5 Å². The molecule has 0 bridgehead atoms. The van der Waals surface area contributed by atoms with Gasteiger partial charge in [0.05, 0.1) is 26.5 Å². The summed E-state index contributed by atoms with van der Waals surface area (Å²) >= 11 is 7.66. The van der Waals surface area contributed by atoms with E-state index in [1.54, 1.807) is 19.2 Å². The molecule has 1 aliphatic rings. The normalized spacial score (nSPS) is 14.1. The van der Waals surface area contributed by atoms with Crippen molar-refractivity contribution in [3.63, 3.8) is 0 Å². The van der Waals surface area contributed by atoms with Gasteiger partial charge in [-0.15, -0.1) is 5.92 Å². The lowest BCUT2D eigenvalue weighted by atomic mass is 9.99. The molecule has 0 spiro atoms. The van der Waals surface area contributed by atoms with E-state index < -0.39 is 11.6 Å². The van der Waals surface area contributed by atoms with Crippen molar-refractivity contribution in [2.45, 2.75) is 6.92 Å². The third kappa shape index (κ3) is 3.34. The minimum Gasteiger partial charge on any atom is -0.375 e. The number of rotatable bonds is 2. The first-order chi connectivity index (χ1) is 15.5. The maximum absolute atomic E-state index is 16.0. The molecule has 5 rings (SSSR count). The summed E-state index contributed by atoms with van der Waals surface area (Å²) in [5, 5.41) is 4.30. The summed E-state index contributed by atoms with van der Waals surface area (Å²) in [6.07, 6.45) is 1.60. The highest BCUT2D eigenvalue weighted by atomic mass is 35.5. The molecule has 2 aromatic heterocycles. The molecule has 0 radical (unpaired) electrons. The third-order valence-corrected chi connectivity index (χ3v) is 6.69. The van der Waals surface area contributed by atoms with E-state index in [2.05, 4.69) is 32.0 Å². The molecule has 162 valence electrons. The van der Waals surface area contributed by atoms with Gasteiger partial charge >= 0.3 is 0 Å². The van der Waals surface area contributed by atoms with Crippen LogP contribution in [0.5, 0.6) is 0 Å². The largest absolute Gasteiger partial charge is 0.375 e. The summed E-state index contributed by atoms with van der Waals surface area (Å²) in [6, 6.07) is 4.46. The standard InChI is InChI=1S/C23H18ClF2N5S/c1-2-3-12-11-29-19-14(21(12)31-8-6-28-7-9-31)10-15(24)17(18(19)26)13-4-5-16(25)22-20(13)30-23(27)32-22/h4-5,10-11,28H,6-9H2,1H3,(H2,27,30). The highest BCUT2D eigenvalue weighted by Gasteiger charge is 2.24. The Bertz CT molecular complexity index is 1430. The van der Waals surface area contributed by atoms with Crippen LogP contribution < -0.4 is 16.0 Å². The van der Waals surface area contributed by atoms with Gasteiger partial charge in [-0.1, -0.05) is 28.9 Å². The van der Waals surface area contributed by atoms with Crippen LogP contribution in [0.25, 0.3) is 32.2 Å². The van der Waals surface area contributed by atoms with Crippen molar-refractivity contribution in [2.75, 3.05) is 36.8 Å². The molecule has 1 saturated heterocycles. The van der Waals surface area contributed by atoms with Gasteiger partial charge in [0, 0.05) is 48.9 Å². The number of nitrogens with zero attached hydrogens (tertiary/aromatic N) is 3. The van der Waals surface area contributed by atoms with E-state index in [9.17, 15) is 4.39 Å². The molecule has 0 saturated carbocycles. The minimum atomic E-state index is -0.584. The molecule has 9 heteroatoms. The fraction of sp³-hybridized carbons (Fsp3) is 0.217. The molecular formula is C23H18ClF2N5S. The van der Waals surface area contributed by atoms with Crippen molar-refractivity contribution in [3.8, 4) is 23.0 Å². The quantitative estimate of drug-likeness (QED) is 0.412. The second-order valence-corrected chi connectivity index (χ2v) is 8.84. The molecule has 3 heterocycles. The molecule has 2 aromatic carbocycles. The van der Waals surface area contributed by atoms with E-state index >= 15 is 4.39 Å². The fourth-order valence-corrected chi connectivity index (χ4v) is 5.20. The maximum atomic E-state index is 16.0. The summed E-state index contributed by atoms with van der Waals surface area (Å²) in [7, 11) is 0. The predicted octanol–water partition coefficient (Wildman–Crippen LogP) is 4.81. The molecule has 5 nitrogen and oxygen atoms in total. The molecule has 1 fully saturated rings. The Labute approximate surface area is 192 Å². The number of piperazine rings is 1. The van der Waals surface area contributed by atoms with Crippen LogP contribution in [0.2, 0.25) is 5.02 Å². The predicted molar refractivity (Wildman–Crippen MR) is 127 cm³/mol. The van der Waals surface area contributed by atoms with E-state index in [0.29, 0.717) is 10.9 Å². The first kappa shape index (κ1) is 20.9. The van der Waals surface area contributed by atoms with Gasteiger partial charge in [-0.25, -0.2) is 13.8 Å². The number of pyridine rings is 1. The van der Waals surface area contributed by atoms with Gasteiger partial charge < -0.3 is 16.0 Å². The van der Waals surface area contributed by atoms with E-state index in [-0.39, 0.29) is 31.5 Å². The lowest BCUT2D eigenvalue weighted by molar-refractivity contribution is 0.590. The summed E-state index contributed by atoms with van der Waals surface area (Å²) in [4.78, 5) is 10.8. The number of halogens is 3. The van der Waals surface area contributed by atoms with Gasteiger partial charge in [0.1, 0.15) is 11.3 Å². The number of nitrogens with one attached hydrogen (secondary N) is 1. The van der Waals surface area contributed by atoms with Crippen molar-refractivity contribution in [1.82, 2.24) is 15.3 Å². The molecule has 0 unspecified atom stereocenters. The van der Waals surface area contributed by atoms with Crippen LogP contribution >= 0.6 is 22.9 Å². The van der Waals surface area contributed by atoms with Gasteiger partial charge in [0.25, 0.3) is 0 Å². The van der Waals surface area contributed by atoms with Gasteiger partial charge in [-0.3, -0.25) is 4.98 Å². The SMILES string of the molecule is CC#Cc1cnc2c(F)c(-c3ccc(F)c4sc(N)nc34)c(Cl)cc2c1N1CCNCC1. The van der Waals surface area contributed by atoms with Gasteiger partial charge in [-0.05, 0) is 25.1 Å². The Morgan fingerprint density at radius 2 is 2.00 bits per heavy atom. The summed E-state index contributed by atoms with van der Waals surface area (Å²) < 4.78 is 30.5. The van der Waals surface area contributed by atoms with Crippen molar-refractivity contribution < 1.29 is 8.78 Å².